The number of aryl methyl sites for hydroxylation is 1. The van der Waals surface area contributed by atoms with Crippen LogP contribution < -0.4 is 0 Å². The number of amides is 1. The van der Waals surface area contributed by atoms with Crippen LogP contribution in [0.3, 0.4) is 0 Å². The van der Waals surface area contributed by atoms with Crippen molar-refractivity contribution >= 4 is 5.91 Å². The maximum absolute atomic E-state index is 12.5. The first-order valence-corrected chi connectivity index (χ1v) is 8.76. The van der Waals surface area contributed by atoms with Crippen molar-refractivity contribution in [2.24, 2.45) is 13.0 Å². The van der Waals surface area contributed by atoms with E-state index in [1.54, 1.807) is 0 Å². The van der Waals surface area contributed by atoms with Crippen LogP contribution in [0, 0.1) is 5.92 Å². The summed E-state index contributed by atoms with van der Waals surface area (Å²) in [6.07, 6.45) is 2.09. The van der Waals surface area contributed by atoms with Gasteiger partial charge < -0.3 is 9.64 Å². The van der Waals surface area contributed by atoms with Gasteiger partial charge in [-0.15, -0.1) is 0 Å². The summed E-state index contributed by atoms with van der Waals surface area (Å²) in [5, 5.41) is 4.66. The predicted octanol–water partition coefficient (Wildman–Crippen LogP) is 1.38. The zero-order chi connectivity index (χ0) is 17.4. The second-order valence-electron chi connectivity index (χ2n) is 7.07. The zero-order valence-electron chi connectivity index (χ0n) is 14.8. The molecule has 2 fully saturated rings. The molecule has 4 rings (SSSR count). The van der Waals surface area contributed by atoms with Crippen LogP contribution in [0.2, 0.25) is 0 Å². The lowest BCUT2D eigenvalue weighted by atomic mass is 10.1. The Morgan fingerprint density at radius 1 is 1.16 bits per heavy atom. The molecule has 0 N–H and O–H groups in total. The summed E-state index contributed by atoms with van der Waals surface area (Å²) in [7, 11) is 3.86. The van der Waals surface area contributed by atoms with Gasteiger partial charge >= 0.3 is 0 Å². The molecule has 2 atom stereocenters. The van der Waals surface area contributed by atoms with E-state index in [-0.39, 0.29) is 17.9 Å². The number of aromatic nitrogens is 2. The van der Waals surface area contributed by atoms with E-state index in [1.165, 1.54) is 5.56 Å². The van der Waals surface area contributed by atoms with Crippen molar-refractivity contribution in [3.63, 3.8) is 0 Å². The first kappa shape index (κ1) is 16.3. The molecule has 1 aromatic heterocycles. The topological polar surface area (TPSA) is 50.6 Å². The van der Waals surface area contributed by atoms with Crippen molar-refractivity contribution in [2.75, 3.05) is 33.4 Å². The molecule has 3 heterocycles. The van der Waals surface area contributed by atoms with Gasteiger partial charge in [-0.25, -0.2) is 0 Å². The van der Waals surface area contributed by atoms with Crippen molar-refractivity contribution in [1.82, 2.24) is 19.6 Å². The van der Waals surface area contributed by atoms with Gasteiger partial charge in [-0.3, -0.25) is 14.4 Å². The van der Waals surface area contributed by atoms with Gasteiger partial charge in [0.15, 0.2) is 0 Å². The molecule has 2 aliphatic rings. The van der Waals surface area contributed by atoms with Crippen LogP contribution in [0.15, 0.2) is 36.5 Å². The summed E-state index contributed by atoms with van der Waals surface area (Å²) in [4.78, 5) is 16.8. The molecule has 2 bridgehead atoms. The highest BCUT2D eigenvalue weighted by atomic mass is 16.5. The Hall–Kier alpha value is -2.18. The van der Waals surface area contributed by atoms with Crippen LogP contribution in [0.1, 0.15) is 5.56 Å². The van der Waals surface area contributed by atoms with Gasteiger partial charge in [-0.05, 0) is 0 Å². The molecule has 0 spiro atoms. The highest BCUT2D eigenvalue weighted by molar-refractivity contribution is 5.80. The van der Waals surface area contributed by atoms with Crippen molar-refractivity contribution in [1.29, 1.82) is 0 Å². The molecule has 6 heteroatoms. The number of hydrogen-bond acceptors (Lipinski definition) is 4. The monoisotopic (exact) mass is 340 g/mol. The van der Waals surface area contributed by atoms with E-state index in [0.29, 0.717) is 13.2 Å². The first-order valence-electron chi connectivity index (χ1n) is 8.76. The Kier molecular flexibility index (Phi) is 4.31. The second kappa shape index (κ2) is 6.61. The zero-order valence-corrected chi connectivity index (χ0v) is 14.8. The lowest BCUT2D eigenvalue weighted by Gasteiger charge is -2.29. The Morgan fingerprint density at radius 2 is 1.96 bits per heavy atom. The van der Waals surface area contributed by atoms with Gasteiger partial charge in [0.05, 0.1) is 30.9 Å². The van der Waals surface area contributed by atoms with Crippen molar-refractivity contribution < 1.29 is 9.53 Å². The van der Waals surface area contributed by atoms with Crippen molar-refractivity contribution in [2.45, 2.75) is 12.6 Å². The minimum absolute atomic E-state index is 0.0747. The van der Waals surface area contributed by atoms with Crippen LogP contribution in [0.4, 0.5) is 0 Å². The standard InChI is InChI=1S/C19H24N4O2/c1-21-8-15(18(20-21)14-6-4-3-5-7-14)9-23-10-16-12-25-13-17(11-23)22(2)19(16)24/h3-8,16-17H,9-13H2,1-2H3/t16-,17+/m1/s1. The molecule has 0 aliphatic carbocycles. The fraction of sp³-hybridized carbons (Fsp3) is 0.474. The molecule has 2 saturated heterocycles. The highest BCUT2D eigenvalue weighted by Gasteiger charge is 2.37. The normalized spacial score (nSPS) is 24.4. The van der Waals surface area contributed by atoms with E-state index in [4.69, 9.17) is 4.74 Å². The van der Waals surface area contributed by atoms with Gasteiger partial charge in [-0.2, -0.15) is 5.10 Å². The summed E-state index contributed by atoms with van der Waals surface area (Å²) in [5.74, 6) is 0.133. The van der Waals surface area contributed by atoms with Gasteiger partial charge in [0, 0.05) is 51.1 Å². The Morgan fingerprint density at radius 3 is 2.76 bits per heavy atom. The summed E-state index contributed by atoms with van der Waals surface area (Å²) < 4.78 is 7.56. The Labute approximate surface area is 148 Å². The highest BCUT2D eigenvalue weighted by Crippen LogP contribution is 2.26. The maximum atomic E-state index is 12.5. The largest absolute Gasteiger partial charge is 0.378 e. The minimum atomic E-state index is -0.0747. The number of hydrogen-bond donors (Lipinski definition) is 0. The number of nitrogens with zero attached hydrogens (tertiary/aromatic N) is 4. The van der Waals surface area contributed by atoms with Gasteiger partial charge in [-0.1, -0.05) is 30.3 Å². The van der Waals surface area contributed by atoms with Gasteiger partial charge in [0.2, 0.25) is 5.91 Å². The fourth-order valence-corrected chi connectivity index (χ4v) is 3.85. The summed E-state index contributed by atoms with van der Waals surface area (Å²) in [5.41, 5.74) is 3.35. The average molecular weight is 340 g/mol. The smallest absolute Gasteiger partial charge is 0.229 e. The van der Waals surface area contributed by atoms with Crippen molar-refractivity contribution in [3.05, 3.63) is 42.1 Å². The molecule has 6 nitrogen and oxygen atoms in total. The van der Waals surface area contributed by atoms with E-state index in [9.17, 15) is 4.79 Å². The molecular weight excluding hydrogens is 316 g/mol. The van der Waals surface area contributed by atoms with Crippen LogP contribution in [0.25, 0.3) is 11.3 Å². The quantitative estimate of drug-likeness (QED) is 0.847. The van der Waals surface area contributed by atoms with Crippen LogP contribution in [0.5, 0.6) is 0 Å². The molecule has 132 valence electrons. The molecule has 2 aliphatic heterocycles. The number of ether oxygens (including phenoxy) is 1. The van der Waals surface area contributed by atoms with Crippen molar-refractivity contribution in [3.8, 4) is 11.3 Å². The Bertz CT molecular complexity index is 758. The molecule has 1 amide bonds. The molecular formula is C19H24N4O2. The Balaban J connectivity index is 1.60. The fourth-order valence-electron chi connectivity index (χ4n) is 3.85. The first-order chi connectivity index (χ1) is 12.1. The van der Waals surface area contributed by atoms with Gasteiger partial charge in [0.1, 0.15) is 0 Å². The number of benzene rings is 1. The third kappa shape index (κ3) is 3.19. The number of carbonyl (C=O) groups excluding carboxylic acids is 1. The molecule has 0 saturated carbocycles. The summed E-state index contributed by atoms with van der Waals surface area (Å²) in [6.45, 7) is 3.51. The molecule has 1 aromatic carbocycles. The van der Waals surface area contributed by atoms with Crippen LogP contribution in [-0.2, 0) is 23.1 Å². The van der Waals surface area contributed by atoms with E-state index >= 15 is 0 Å². The minimum Gasteiger partial charge on any atom is -0.378 e. The van der Waals surface area contributed by atoms with E-state index in [2.05, 4.69) is 28.3 Å². The van der Waals surface area contributed by atoms with E-state index in [0.717, 1.165) is 30.9 Å². The SMILES string of the molecule is CN1C(=O)[C@H]2COC[C@@H]1CN(Cc1cn(C)nc1-c1ccccc1)C2. The third-order valence-corrected chi connectivity index (χ3v) is 5.17. The molecule has 0 radical (unpaired) electrons. The molecule has 2 aromatic rings. The molecule has 0 unspecified atom stereocenters. The lowest BCUT2D eigenvalue weighted by Crippen LogP contribution is -2.42. The maximum Gasteiger partial charge on any atom is 0.229 e. The number of rotatable bonds is 3. The number of fused-ring (bicyclic) bond motifs is 3. The summed E-state index contributed by atoms with van der Waals surface area (Å²) >= 11 is 0. The second-order valence-corrected chi connectivity index (χ2v) is 7.07. The van der Waals surface area contributed by atoms with Gasteiger partial charge in [0.25, 0.3) is 0 Å². The summed E-state index contributed by atoms with van der Waals surface area (Å²) in [6, 6.07) is 10.4. The lowest BCUT2D eigenvalue weighted by molar-refractivity contribution is -0.133. The predicted molar refractivity (Wildman–Crippen MR) is 94.8 cm³/mol. The van der Waals surface area contributed by atoms with E-state index < -0.39 is 0 Å². The van der Waals surface area contributed by atoms with Crippen LogP contribution in [-0.4, -0.2) is 64.9 Å². The molecule has 25 heavy (non-hydrogen) atoms. The van der Waals surface area contributed by atoms with Crippen LogP contribution >= 0.6 is 0 Å². The average Bonchev–Trinajstić information content (AvgIpc) is 2.86. The number of carbonyl (C=O) groups is 1. The van der Waals surface area contributed by atoms with E-state index in [1.807, 2.05) is 41.9 Å². The third-order valence-electron chi connectivity index (χ3n) is 5.17. The number of likely N-dealkylation sites (N-methyl/N-ethyl adjacent to an activating group) is 1.